The van der Waals surface area contributed by atoms with Crippen molar-refractivity contribution >= 4 is 23.3 Å². The fourth-order valence-electron chi connectivity index (χ4n) is 1.62. The van der Waals surface area contributed by atoms with Crippen molar-refractivity contribution in [2.24, 2.45) is 5.73 Å². The van der Waals surface area contributed by atoms with Crippen molar-refractivity contribution in [1.82, 2.24) is 9.36 Å². The smallest absolute Gasteiger partial charge is 0.170 e. The fraction of sp³-hybridized carbons (Fsp3) is 0.333. The molecule has 0 aliphatic carbocycles. The van der Waals surface area contributed by atoms with Gasteiger partial charge in [-0.1, -0.05) is 23.9 Å². The molecule has 0 bridgehead atoms. The number of benzene rings is 1. The van der Waals surface area contributed by atoms with Crippen molar-refractivity contribution in [3.8, 4) is 5.75 Å². The fourth-order valence-corrected chi connectivity index (χ4v) is 3.33. The van der Waals surface area contributed by atoms with Crippen LogP contribution >= 0.6 is 23.3 Å². The number of nitrogens with zero attached hydrogens (tertiary/aromatic N) is 2. The van der Waals surface area contributed by atoms with E-state index in [1.165, 1.54) is 11.5 Å². The third-order valence-corrected chi connectivity index (χ3v) is 4.70. The Labute approximate surface area is 115 Å². The van der Waals surface area contributed by atoms with Gasteiger partial charge in [-0.05, 0) is 36.2 Å². The summed E-state index contributed by atoms with van der Waals surface area (Å²) in [6, 6.07) is 8.00. The summed E-state index contributed by atoms with van der Waals surface area (Å²) in [5.41, 5.74) is 7.21. The monoisotopic (exact) mass is 281 g/mol. The topological polar surface area (TPSA) is 61.0 Å². The minimum Gasteiger partial charge on any atom is -0.497 e. The number of hydrogen-bond donors (Lipinski definition) is 1. The normalized spacial score (nSPS) is 14.2. The number of methoxy groups -OCH3 is 1. The second-order valence-corrected chi connectivity index (χ2v) is 6.05. The first kappa shape index (κ1) is 13.3. The van der Waals surface area contributed by atoms with Crippen LogP contribution in [0.2, 0.25) is 0 Å². The summed E-state index contributed by atoms with van der Waals surface area (Å²) >= 11 is 3.03. The Morgan fingerprint density at radius 2 is 2.28 bits per heavy atom. The molecule has 0 saturated heterocycles. The molecule has 0 saturated carbocycles. The number of ether oxygens (including phenoxy) is 1. The van der Waals surface area contributed by atoms with E-state index >= 15 is 0 Å². The third-order valence-electron chi connectivity index (χ3n) is 2.47. The molecule has 0 aliphatic rings. The molecule has 0 fully saturated rings. The molecule has 2 rings (SSSR count). The van der Waals surface area contributed by atoms with Crippen LogP contribution in [0.5, 0.6) is 5.75 Å². The number of thioether (sulfide) groups is 1. The van der Waals surface area contributed by atoms with Crippen LogP contribution in [0.25, 0.3) is 0 Å². The Hall–Kier alpha value is -1.11. The van der Waals surface area contributed by atoms with Crippen LogP contribution in [0.4, 0.5) is 0 Å². The van der Waals surface area contributed by atoms with Gasteiger partial charge in [-0.25, -0.2) is 4.98 Å². The summed E-state index contributed by atoms with van der Waals surface area (Å²) in [6.45, 7) is 2.00. The molecule has 1 aromatic heterocycles. The average molecular weight is 281 g/mol. The number of rotatable bonds is 5. The van der Waals surface area contributed by atoms with Gasteiger partial charge < -0.3 is 10.5 Å². The maximum Gasteiger partial charge on any atom is 0.170 e. The summed E-state index contributed by atoms with van der Waals surface area (Å²) < 4.78 is 10.2. The minimum absolute atomic E-state index is 0.0195. The molecular weight excluding hydrogens is 266 g/mol. The molecule has 6 heteroatoms. The highest BCUT2D eigenvalue weighted by Gasteiger charge is 2.19. The van der Waals surface area contributed by atoms with Crippen molar-refractivity contribution in [2.45, 2.75) is 22.6 Å². The molecule has 0 radical (unpaired) electrons. The molecule has 96 valence electrons. The Morgan fingerprint density at radius 1 is 1.44 bits per heavy atom. The molecule has 18 heavy (non-hydrogen) atoms. The lowest BCUT2D eigenvalue weighted by Gasteiger charge is -2.19. The zero-order valence-corrected chi connectivity index (χ0v) is 11.9. The average Bonchev–Trinajstić information content (AvgIpc) is 2.88. The van der Waals surface area contributed by atoms with E-state index in [4.69, 9.17) is 10.5 Å². The highest BCUT2D eigenvalue weighted by Crippen LogP contribution is 2.38. The second kappa shape index (κ2) is 6.17. The van der Waals surface area contributed by atoms with Crippen LogP contribution in [0.3, 0.4) is 0 Å². The lowest BCUT2D eigenvalue weighted by Crippen LogP contribution is -2.22. The van der Waals surface area contributed by atoms with Gasteiger partial charge in [0, 0.05) is 6.04 Å². The first-order chi connectivity index (χ1) is 8.70. The van der Waals surface area contributed by atoms with E-state index in [2.05, 4.69) is 15.4 Å². The van der Waals surface area contributed by atoms with E-state index in [9.17, 15) is 0 Å². The minimum atomic E-state index is 0.0195. The predicted octanol–water partition coefficient (Wildman–Crippen LogP) is 2.73. The zero-order chi connectivity index (χ0) is 13.0. The Balaban J connectivity index is 2.23. The predicted molar refractivity (Wildman–Crippen MR) is 75.2 cm³/mol. The van der Waals surface area contributed by atoms with Crippen molar-refractivity contribution in [3.05, 3.63) is 36.2 Å². The second-order valence-electron chi connectivity index (χ2n) is 3.88. The molecule has 0 amide bonds. The van der Waals surface area contributed by atoms with Crippen LogP contribution in [0.1, 0.15) is 17.7 Å². The van der Waals surface area contributed by atoms with E-state index in [0.717, 1.165) is 15.7 Å². The van der Waals surface area contributed by atoms with Gasteiger partial charge in [0.2, 0.25) is 0 Å². The van der Waals surface area contributed by atoms with Crippen molar-refractivity contribution in [2.75, 3.05) is 7.11 Å². The zero-order valence-electron chi connectivity index (χ0n) is 10.2. The lowest BCUT2D eigenvalue weighted by atomic mass is 10.1. The van der Waals surface area contributed by atoms with E-state index in [-0.39, 0.29) is 11.3 Å². The van der Waals surface area contributed by atoms with Crippen LogP contribution in [-0.4, -0.2) is 22.5 Å². The van der Waals surface area contributed by atoms with Crippen LogP contribution in [0.15, 0.2) is 34.9 Å². The van der Waals surface area contributed by atoms with Gasteiger partial charge in [-0.2, -0.15) is 4.37 Å². The number of aromatic nitrogens is 2. The summed E-state index contributed by atoms with van der Waals surface area (Å²) in [4.78, 5) is 4.19. The Kier molecular flexibility index (Phi) is 4.57. The van der Waals surface area contributed by atoms with E-state index in [1.54, 1.807) is 25.2 Å². The van der Waals surface area contributed by atoms with Gasteiger partial charge in [0.25, 0.3) is 0 Å². The molecule has 4 nitrogen and oxygen atoms in total. The van der Waals surface area contributed by atoms with Crippen molar-refractivity contribution in [1.29, 1.82) is 0 Å². The van der Waals surface area contributed by atoms with Crippen LogP contribution in [0, 0.1) is 0 Å². The van der Waals surface area contributed by atoms with Crippen LogP contribution < -0.4 is 10.5 Å². The van der Waals surface area contributed by atoms with E-state index in [0.29, 0.717) is 0 Å². The largest absolute Gasteiger partial charge is 0.497 e. The molecule has 0 aliphatic heterocycles. The van der Waals surface area contributed by atoms with E-state index in [1.807, 2.05) is 25.1 Å². The summed E-state index contributed by atoms with van der Waals surface area (Å²) in [5, 5.41) is 0.146. The maximum atomic E-state index is 6.07. The van der Waals surface area contributed by atoms with Gasteiger partial charge in [0.15, 0.2) is 4.34 Å². The first-order valence-corrected chi connectivity index (χ1v) is 7.19. The molecule has 0 spiro atoms. The van der Waals surface area contributed by atoms with Crippen molar-refractivity contribution < 1.29 is 4.74 Å². The van der Waals surface area contributed by atoms with Gasteiger partial charge in [0.1, 0.15) is 12.1 Å². The SMILES string of the molecule is COc1cccc(C(Sc2ncns2)C(C)N)c1. The highest BCUT2D eigenvalue weighted by atomic mass is 32.2. The standard InChI is InChI=1S/C12H15N3OS2/c1-8(13)11(17-12-14-7-15-18-12)9-4-3-5-10(6-9)16-2/h3-8,11H,13H2,1-2H3. The molecule has 2 atom stereocenters. The van der Waals surface area contributed by atoms with Gasteiger partial charge in [-0.15, -0.1) is 0 Å². The summed E-state index contributed by atoms with van der Waals surface area (Å²) in [6.07, 6.45) is 1.57. The number of hydrogen-bond acceptors (Lipinski definition) is 6. The molecule has 2 unspecified atom stereocenters. The molecule has 1 heterocycles. The number of nitrogens with two attached hydrogens (primary N) is 1. The van der Waals surface area contributed by atoms with Gasteiger partial charge in [-0.3, -0.25) is 0 Å². The summed E-state index contributed by atoms with van der Waals surface area (Å²) in [7, 11) is 1.66. The maximum absolute atomic E-state index is 6.07. The van der Waals surface area contributed by atoms with Crippen LogP contribution in [-0.2, 0) is 0 Å². The van der Waals surface area contributed by atoms with E-state index < -0.39 is 0 Å². The molecule has 2 aromatic rings. The Morgan fingerprint density at radius 3 is 2.89 bits per heavy atom. The lowest BCUT2D eigenvalue weighted by molar-refractivity contribution is 0.414. The molecular formula is C12H15N3OS2. The third kappa shape index (κ3) is 3.22. The molecule has 2 N–H and O–H groups in total. The quantitative estimate of drug-likeness (QED) is 0.854. The van der Waals surface area contributed by atoms with Gasteiger partial charge in [0.05, 0.1) is 12.4 Å². The highest BCUT2D eigenvalue weighted by molar-refractivity contribution is 8.01. The van der Waals surface area contributed by atoms with Gasteiger partial charge >= 0.3 is 0 Å². The first-order valence-electron chi connectivity index (χ1n) is 5.53. The summed E-state index contributed by atoms with van der Waals surface area (Å²) in [5.74, 6) is 0.844. The Bertz CT molecular complexity index is 488. The van der Waals surface area contributed by atoms with Crippen molar-refractivity contribution in [3.63, 3.8) is 0 Å². The molecule has 1 aromatic carbocycles.